The first-order chi connectivity index (χ1) is 8.66. The second-order valence-electron chi connectivity index (χ2n) is 5.20. The van der Waals surface area contributed by atoms with Crippen LogP contribution in [0.25, 0.3) is 0 Å². The van der Waals surface area contributed by atoms with E-state index in [-0.39, 0.29) is 5.91 Å². The van der Waals surface area contributed by atoms with Crippen LogP contribution in [0.3, 0.4) is 0 Å². The normalized spacial score (nSPS) is 17.9. The Morgan fingerprint density at radius 2 is 2.28 bits per heavy atom. The molecule has 0 atom stereocenters. The molecule has 2 N–H and O–H groups in total. The van der Waals surface area contributed by atoms with Crippen LogP contribution in [0.15, 0.2) is 6.20 Å². The smallest absolute Gasteiger partial charge is 0.254 e. The number of hydrogen-bond donors (Lipinski definition) is 2. The quantitative estimate of drug-likeness (QED) is 0.843. The summed E-state index contributed by atoms with van der Waals surface area (Å²) in [5, 5.41) is 9.61. The summed E-state index contributed by atoms with van der Waals surface area (Å²) in [5.41, 5.74) is 1.48. The number of amides is 1. The van der Waals surface area contributed by atoms with Gasteiger partial charge in [0.05, 0.1) is 11.8 Å². The number of H-pyrrole nitrogens is 1. The summed E-state index contributed by atoms with van der Waals surface area (Å²) < 4.78 is 0. The number of nitrogens with one attached hydrogen (secondary N) is 2. The summed E-state index contributed by atoms with van der Waals surface area (Å²) in [7, 11) is 2.17. The predicted molar refractivity (Wildman–Crippen MR) is 70.5 cm³/mol. The fourth-order valence-electron chi connectivity index (χ4n) is 2.42. The van der Waals surface area contributed by atoms with E-state index in [9.17, 15) is 4.79 Å². The Morgan fingerprint density at radius 3 is 2.89 bits per heavy atom. The summed E-state index contributed by atoms with van der Waals surface area (Å²) in [6.07, 6.45) is 5.16. The first kappa shape index (κ1) is 13.1. The highest BCUT2D eigenvalue weighted by molar-refractivity contribution is 5.94. The number of rotatable bonds is 4. The fraction of sp³-hybridized carbons (Fsp3) is 0.692. The van der Waals surface area contributed by atoms with E-state index in [2.05, 4.69) is 27.5 Å². The van der Waals surface area contributed by atoms with Gasteiger partial charge in [0.1, 0.15) is 0 Å². The number of piperidine rings is 1. The highest BCUT2D eigenvalue weighted by atomic mass is 16.1. The number of carbonyl (C=O) groups excluding carboxylic acids is 1. The van der Waals surface area contributed by atoms with E-state index in [1.807, 2.05) is 6.92 Å². The lowest BCUT2D eigenvalue weighted by Crippen LogP contribution is -2.32. The van der Waals surface area contributed by atoms with Crippen molar-refractivity contribution in [2.75, 3.05) is 26.7 Å². The fourth-order valence-corrected chi connectivity index (χ4v) is 2.42. The standard InChI is InChI=1S/C13H22N4O/c1-10-12(9-15-16-10)13(18)14-6-3-11-4-7-17(2)8-5-11/h9,11H,3-8H2,1-2H3,(H,14,18)(H,15,16). The first-order valence-corrected chi connectivity index (χ1v) is 6.63. The van der Waals surface area contributed by atoms with Crippen molar-refractivity contribution >= 4 is 5.91 Å². The predicted octanol–water partition coefficient (Wildman–Crippen LogP) is 1.18. The van der Waals surface area contributed by atoms with E-state index in [1.54, 1.807) is 6.20 Å². The molecular formula is C13H22N4O. The maximum absolute atomic E-state index is 11.8. The molecule has 0 aromatic carbocycles. The third-order valence-electron chi connectivity index (χ3n) is 3.75. The minimum Gasteiger partial charge on any atom is -0.352 e. The first-order valence-electron chi connectivity index (χ1n) is 6.63. The van der Waals surface area contributed by atoms with E-state index in [0.29, 0.717) is 5.56 Å². The molecule has 0 spiro atoms. The van der Waals surface area contributed by atoms with Gasteiger partial charge in [-0.15, -0.1) is 0 Å². The lowest BCUT2D eigenvalue weighted by atomic mass is 9.94. The molecular weight excluding hydrogens is 228 g/mol. The summed E-state index contributed by atoms with van der Waals surface area (Å²) >= 11 is 0. The second kappa shape index (κ2) is 6.00. The van der Waals surface area contributed by atoms with Gasteiger partial charge in [-0.2, -0.15) is 5.10 Å². The van der Waals surface area contributed by atoms with Crippen LogP contribution in [0, 0.1) is 12.8 Å². The van der Waals surface area contributed by atoms with Crippen LogP contribution in [-0.4, -0.2) is 47.7 Å². The third-order valence-corrected chi connectivity index (χ3v) is 3.75. The van der Waals surface area contributed by atoms with Gasteiger partial charge in [0.2, 0.25) is 0 Å². The maximum atomic E-state index is 11.8. The molecule has 1 fully saturated rings. The Kier molecular flexibility index (Phi) is 4.36. The van der Waals surface area contributed by atoms with Crippen molar-refractivity contribution in [3.63, 3.8) is 0 Å². The van der Waals surface area contributed by atoms with Gasteiger partial charge < -0.3 is 10.2 Å². The summed E-state index contributed by atoms with van der Waals surface area (Å²) in [6.45, 7) is 4.98. The number of aromatic nitrogens is 2. The highest BCUT2D eigenvalue weighted by Gasteiger charge is 2.17. The van der Waals surface area contributed by atoms with E-state index >= 15 is 0 Å². The number of carbonyl (C=O) groups is 1. The van der Waals surface area contributed by atoms with Gasteiger partial charge in [0, 0.05) is 12.2 Å². The lowest BCUT2D eigenvalue weighted by Gasteiger charge is -2.28. The molecule has 2 heterocycles. The lowest BCUT2D eigenvalue weighted by molar-refractivity contribution is 0.0948. The van der Waals surface area contributed by atoms with E-state index in [1.165, 1.54) is 25.9 Å². The molecule has 1 aromatic heterocycles. The van der Waals surface area contributed by atoms with Crippen molar-refractivity contribution in [1.82, 2.24) is 20.4 Å². The average Bonchev–Trinajstić information content (AvgIpc) is 2.78. The number of aromatic amines is 1. The van der Waals surface area contributed by atoms with Crippen LogP contribution in [0.1, 0.15) is 35.3 Å². The Bertz CT molecular complexity index is 393. The molecule has 1 aliphatic heterocycles. The molecule has 1 amide bonds. The van der Waals surface area contributed by atoms with Crippen LogP contribution < -0.4 is 5.32 Å². The minimum atomic E-state index is -0.0193. The maximum Gasteiger partial charge on any atom is 0.254 e. The molecule has 0 radical (unpaired) electrons. The van der Waals surface area contributed by atoms with Gasteiger partial charge in [-0.3, -0.25) is 9.89 Å². The van der Waals surface area contributed by atoms with Crippen LogP contribution in [0.4, 0.5) is 0 Å². The number of likely N-dealkylation sites (tertiary alicyclic amines) is 1. The molecule has 1 aliphatic rings. The molecule has 5 heteroatoms. The molecule has 0 unspecified atom stereocenters. The average molecular weight is 250 g/mol. The highest BCUT2D eigenvalue weighted by Crippen LogP contribution is 2.18. The van der Waals surface area contributed by atoms with Crippen molar-refractivity contribution in [2.45, 2.75) is 26.2 Å². The van der Waals surface area contributed by atoms with Gasteiger partial charge in [0.25, 0.3) is 5.91 Å². The monoisotopic (exact) mass is 250 g/mol. The topological polar surface area (TPSA) is 61.0 Å². The molecule has 0 bridgehead atoms. The number of aryl methyl sites for hydroxylation is 1. The van der Waals surface area contributed by atoms with Gasteiger partial charge in [-0.25, -0.2) is 0 Å². The Morgan fingerprint density at radius 1 is 1.56 bits per heavy atom. The van der Waals surface area contributed by atoms with Crippen LogP contribution in [-0.2, 0) is 0 Å². The van der Waals surface area contributed by atoms with Crippen LogP contribution >= 0.6 is 0 Å². The number of hydrogen-bond acceptors (Lipinski definition) is 3. The molecule has 18 heavy (non-hydrogen) atoms. The van der Waals surface area contributed by atoms with E-state index in [0.717, 1.165) is 24.6 Å². The largest absolute Gasteiger partial charge is 0.352 e. The SMILES string of the molecule is Cc1[nH]ncc1C(=O)NCCC1CCN(C)CC1. The minimum absolute atomic E-state index is 0.0193. The molecule has 0 aliphatic carbocycles. The third kappa shape index (κ3) is 3.32. The zero-order chi connectivity index (χ0) is 13.0. The van der Waals surface area contributed by atoms with Crippen LogP contribution in [0.2, 0.25) is 0 Å². The van der Waals surface area contributed by atoms with Gasteiger partial charge in [0.15, 0.2) is 0 Å². The summed E-state index contributed by atoms with van der Waals surface area (Å²) in [4.78, 5) is 14.2. The summed E-state index contributed by atoms with van der Waals surface area (Å²) in [6, 6.07) is 0. The molecule has 100 valence electrons. The Labute approximate surface area is 108 Å². The van der Waals surface area contributed by atoms with Gasteiger partial charge >= 0.3 is 0 Å². The van der Waals surface area contributed by atoms with Crippen molar-refractivity contribution in [3.8, 4) is 0 Å². The summed E-state index contributed by atoms with van der Waals surface area (Å²) in [5.74, 6) is 0.737. The second-order valence-corrected chi connectivity index (χ2v) is 5.20. The van der Waals surface area contributed by atoms with E-state index in [4.69, 9.17) is 0 Å². The van der Waals surface area contributed by atoms with Gasteiger partial charge in [-0.1, -0.05) is 0 Å². The van der Waals surface area contributed by atoms with Gasteiger partial charge in [-0.05, 0) is 52.2 Å². The molecule has 1 saturated heterocycles. The van der Waals surface area contributed by atoms with Crippen molar-refractivity contribution in [2.24, 2.45) is 5.92 Å². The van der Waals surface area contributed by atoms with Crippen molar-refractivity contribution in [3.05, 3.63) is 17.5 Å². The molecule has 1 aromatic rings. The van der Waals surface area contributed by atoms with E-state index < -0.39 is 0 Å². The zero-order valence-corrected chi connectivity index (χ0v) is 11.2. The Balaban J connectivity index is 1.69. The van der Waals surface area contributed by atoms with Crippen LogP contribution in [0.5, 0.6) is 0 Å². The Hall–Kier alpha value is -1.36. The molecule has 0 saturated carbocycles. The van der Waals surface area contributed by atoms with Crippen molar-refractivity contribution in [1.29, 1.82) is 0 Å². The molecule has 5 nitrogen and oxygen atoms in total. The van der Waals surface area contributed by atoms with Crippen molar-refractivity contribution < 1.29 is 4.79 Å². The zero-order valence-electron chi connectivity index (χ0n) is 11.2. The molecule has 2 rings (SSSR count). The number of nitrogens with zero attached hydrogens (tertiary/aromatic N) is 2.